The van der Waals surface area contributed by atoms with Crippen molar-refractivity contribution in [2.24, 2.45) is 5.92 Å². The second-order valence-corrected chi connectivity index (χ2v) is 6.64. The lowest BCUT2D eigenvalue weighted by molar-refractivity contribution is -0.126. The molecule has 2 heterocycles. The summed E-state index contributed by atoms with van der Waals surface area (Å²) in [7, 11) is 0. The Hall–Kier alpha value is -2.80. The molecular formula is C20H23FN4O2. The van der Waals surface area contributed by atoms with E-state index in [0.717, 1.165) is 18.5 Å². The summed E-state index contributed by atoms with van der Waals surface area (Å²) in [5, 5.41) is 5.69. The second-order valence-electron chi connectivity index (χ2n) is 6.64. The zero-order valence-electron chi connectivity index (χ0n) is 15.0. The van der Waals surface area contributed by atoms with Gasteiger partial charge in [0.15, 0.2) is 0 Å². The quantitative estimate of drug-likeness (QED) is 0.817. The molecule has 0 unspecified atom stereocenters. The number of pyridine rings is 1. The van der Waals surface area contributed by atoms with Crippen LogP contribution in [0, 0.1) is 11.7 Å². The predicted octanol–water partition coefficient (Wildman–Crippen LogP) is 2.19. The van der Waals surface area contributed by atoms with E-state index in [4.69, 9.17) is 0 Å². The first-order valence-electron chi connectivity index (χ1n) is 9.05. The van der Waals surface area contributed by atoms with E-state index in [-0.39, 0.29) is 30.1 Å². The van der Waals surface area contributed by atoms with Crippen molar-refractivity contribution < 1.29 is 14.0 Å². The number of halogens is 1. The monoisotopic (exact) mass is 370 g/mol. The first-order chi connectivity index (χ1) is 13.1. The van der Waals surface area contributed by atoms with Gasteiger partial charge in [0, 0.05) is 17.8 Å². The van der Waals surface area contributed by atoms with E-state index in [9.17, 15) is 14.0 Å². The van der Waals surface area contributed by atoms with E-state index in [1.165, 1.54) is 24.3 Å². The Balaban J connectivity index is 1.38. The molecule has 0 atom stereocenters. The zero-order valence-corrected chi connectivity index (χ0v) is 15.0. The van der Waals surface area contributed by atoms with Crippen LogP contribution < -0.4 is 10.6 Å². The Bertz CT molecular complexity index is 759. The number of benzene rings is 1. The first kappa shape index (κ1) is 19.0. The first-order valence-corrected chi connectivity index (χ1v) is 9.05. The van der Waals surface area contributed by atoms with Crippen LogP contribution in [0.4, 0.5) is 10.1 Å². The van der Waals surface area contributed by atoms with Gasteiger partial charge in [0.25, 0.3) is 0 Å². The lowest BCUT2D eigenvalue weighted by Crippen LogP contribution is -2.43. The summed E-state index contributed by atoms with van der Waals surface area (Å²) in [6, 6.07) is 11.3. The summed E-state index contributed by atoms with van der Waals surface area (Å²) in [5.74, 6) is -0.475. The number of hydrogen-bond donors (Lipinski definition) is 2. The minimum absolute atomic E-state index is 0.0369. The van der Waals surface area contributed by atoms with Crippen LogP contribution in [0.15, 0.2) is 48.7 Å². The van der Waals surface area contributed by atoms with Crippen LogP contribution in [0.25, 0.3) is 0 Å². The Morgan fingerprint density at radius 1 is 1.11 bits per heavy atom. The maximum absolute atomic E-state index is 12.9. The van der Waals surface area contributed by atoms with Crippen molar-refractivity contribution in [2.45, 2.75) is 19.4 Å². The van der Waals surface area contributed by atoms with Gasteiger partial charge in [-0.15, -0.1) is 0 Å². The Morgan fingerprint density at radius 3 is 2.52 bits per heavy atom. The molecule has 1 aromatic heterocycles. The molecule has 142 valence electrons. The minimum Gasteiger partial charge on any atom is -0.350 e. The Morgan fingerprint density at radius 2 is 1.85 bits per heavy atom. The fourth-order valence-corrected chi connectivity index (χ4v) is 3.11. The fraction of sp³-hybridized carbons (Fsp3) is 0.350. The summed E-state index contributed by atoms with van der Waals surface area (Å²) in [6.45, 7) is 2.08. The van der Waals surface area contributed by atoms with Gasteiger partial charge in [0.1, 0.15) is 5.82 Å². The molecule has 1 aliphatic heterocycles. The van der Waals surface area contributed by atoms with Crippen LogP contribution in [-0.2, 0) is 16.1 Å². The molecule has 1 fully saturated rings. The molecule has 0 bridgehead atoms. The molecule has 0 radical (unpaired) electrons. The molecule has 1 saturated heterocycles. The van der Waals surface area contributed by atoms with Crippen LogP contribution in [-0.4, -0.2) is 41.3 Å². The van der Waals surface area contributed by atoms with Crippen molar-refractivity contribution in [1.82, 2.24) is 15.2 Å². The number of rotatable bonds is 6. The van der Waals surface area contributed by atoms with Gasteiger partial charge in [-0.05, 0) is 62.3 Å². The fourth-order valence-electron chi connectivity index (χ4n) is 3.11. The average molecular weight is 370 g/mol. The number of amides is 2. The van der Waals surface area contributed by atoms with E-state index < -0.39 is 0 Å². The standard InChI is InChI=1S/C20H23FN4O2/c21-16-4-6-17(7-5-16)24-19(26)14-25-11-8-15(9-12-25)20(27)23-13-18-3-1-2-10-22-18/h1-7,10,15H,8-9,11-14H2,(H,23,27)(H,24,26). The highest BCUT2D eigenvalue weighted by Gasteiger charge is 2.25. The molecule has 2 aromatic rings. The van der Waals surface area contributed by atoms with Crippen molar-refractivity contribution in [1.29, 1.82) is 0 Å². The molecule has 1 aliphatic rings. The maximum atomic E-state index is 12.9. The van der Waals surface area contributed by atoms with E-state index in [2.05, 4.69) is 15.6 Å². The highest BCUT2D eigenvalue weighted by Crippen LogP contribution is 2.17. The van der Waals surface area contributed by atoms with E-state index in [1.807, 2.05) is 23.1 Å². The number of aromatic nitrogens is 1. The Kier molecular flexibility index (Phi) is 6.49. The van der Waals surface area contributed by atoms with Crippen molar-refractivity contribution in [3.8, 4) is 0 Å². The lowest BCUT2D eigenvalue weighted by Gasteiger charge is -2.30. The summed E-state index contributed by atoms with van der Waals surface area (Å²) < 4.78 is 12.9. The topological polar surface area (TPSA) is 74.3 Å². The van der Waals surface area contributed by atoms with Crippen molar-refractivity contribution in [3.63, 3.8) is 0 Å². The third-order valence-corrected chi connectivity index (χ3v) is 4.62. The molecule has 1 aromatic carbocycles. The van der Waals surface area contributed by atoms with Gasteiger partial charge in [-0.1, -0.05) is 6.07 Å². The number of carbonyl (C=O) groups excluding carboxylic acids is 2. The summed E-state index contributed by atoms with van der Waals surface area (Å²) >= 11 is 0. The van der Waals surface area contributed by atoms with E-state index in [1.54, 1.807) is 6.20 Å². The van der Waals surface area contributed by atoms with Gasteiger partial charge in [-0.2, -0.15) is 0 Å². The molecule has 2 N–H and O–H groups in total. The van der Waals surface area contributed by atoms with Crippen molar-refractivity contribution in [2.75, 3.05) is 25.0 Å². The molecular weight excluding hydrogens is 347 g/mol. The zero-order chi connectivity index (χ0) is 19.1. The van der Waals surface area contributed by atoms with Gasteiger partial charge in [0.2, 0.25) is 11.8 Å². The minimum atomic E-state index is -0.337. The van der Waals surface area contributed by atoms with Gasteiger partial charge in [-0.25, -0.2) is 4.39 Å². The smallest absolute Gasteiger partial charge is 0.238 e. The molecule has 6 nitrogen and oxygen atoms in total. The van der Waals surface area contributed by atoms with Crippen LogP contribution in [0.2, 0.25) is 0 Å². The summed E-state index contributed by atoms with van der Waals surface area (Å²) in [6.07, 6.45) is 3.15. The molecule has 0 aliphatic carbocycles. The highest BCUT2D eigenvalue weighted by atomic mass is 19.1. The van der Waals surface area contributed by atoms with Gasteiger partial charge in [0.05, 0.1) is 18.8 Å². The number of hydrogen-bond acceptors (Lipinski definition) is 4. The second kappa shape index (κ2) is 9.23. The number of piperidine rings is 1. The number of nitrogens with zero attached hydrogens (tertiary/aromatic N) is 2. The molecule has 0 saturated carbocycles. The van der Waals surface area contributed by atoms with Crippen LogP contribution >= 0.6 is 0 Å². The number of nitrogens with one attached hydrogen (secondary N) is 2. The highest BCUT2D eigenvalue weighted by molar-refractivity contribution is 5.92. The predicted molar refractivity (Wildman–Crippen MR) is 100 cm³/mol. The average Bonchev–Trinajstić information content (AvgIpc) is 2.69. The molecule has 3 rings (SSSR count). The van der Waals surface area contributed by atoms with E-state index in [0.29, 0.717) is 25.3 Å². The number of carbonyl (C=O) groups is 2. The number of likely N-dealkylation sites (tertiary alicyclic amines) is 1. The maximum Gasteiger partial charge on any atom is 0.238 e. The third kappa shape index (κ3) is 5.86. The third-order valence-electron chi connectivity index (χ3n) is 4.62. The molecule has 2 amide bonds. The summed E-state index contributed by atoms with van der Waals surface area (Å²) in [4.78, 5) is 30.6. The van der Waals surface area contributed by atoms with Crippen LogP contribution in [0.5, 0.6) is 0 Å². The largest absolute Gasteiger partial charge is 0.350 e. The lowest BCUT2D eigenvalue weighted by atomic mass is 9.96. The van der Waals surface area contributed by atoms with Crippen LogP contribution in [0.1, 0.15) is 18.5 Å². The number of anilines is 1. The van der Waals surface area contributed by atoms with Gasteiger partial charge < -0.3 is 10.6 Å². The van der Waals surface area contributed by atoms with E-state index >= 15 is 0 Å². The normalized spacial score (nSPS) is 15.3. The van der Waals surface area contributed by atoms with Gasteiger partial charge >= 0.3 is 0 Å². The Labute approximate surface area is 157 Å². The van der Waals surface area contributed by atoms with Crippen molar-refractivity contribution in [3.05, 3.63) is 60.2 Å². The van der Waals surface area contributed by atoms with Crippen LogP contribution in [0.3, 0.4) is 0 Å². The van der Waals surface area contributed by atoms with Gasteiger partial charge in [-0.3, -0.25) is 19.5 Å². The molecule has 27 heavy (non-hydrogen) atoms. The molecule has 0 spiro atoms. The summed E-state index contributed by atoms with van der Waals surface area (Å²) in [5.41, 5.74) is 1.41. The van der Waals surface area contributed by atoms with Crippen molar-refractivity contribution >= 4 is 17.5 Å². The SMILES string of the molecule is O=C(CN1CCC(C(=O)NCc2ccccn2)CC1)Nc1ccc(F)cc1. The molecule has 7 heteroatoms.